The molecule has 0 fully saturated rings. The van der Waals surface area contributed by atoms with Crippen molar-refractivity contribution in [3.8, 4) is 6.07 Å². The number of hydrogen-bond donors (Lipinski definition) is 2. The van der Waals surface area contributed by atoms with Crippen molar-refractivity contribution < 1.29 is 4.79 Å². The molecule has 74 valence electrons. The molecule has 0 saturated heterocycles. The largest absolute Gasteiger partial charge is 0.396 e. The second kappa shape index (κ2) is 4.11. The Labute approximate surface area is 86.3 Å². The van der Waals surface area contributed by atoms with Crippen molar-refractivity contribution in [3.63, 3.8) is 0 Å². The van der Waals surface area contributed by atoms with E-state index in [4.69, 9.17) is 11.0 Å². The number of carbonyl (C=O) groups is 1. The number of ketones is 1. The molecule has 0 saturated carbocycles. The number of anilines is 2. The van der Waals surface area contributed by atoms with Gasteiger partial charge in [0.25, 0.3) is 0 Å². The minimum atomic E-state index is -0.104. The fourth-order valence-electron chi connectivity index (χ4n) is 1.10. The highest BCUT2D eigenvalue weighted by molar-refractivity contribution is 7.18. The summed E-state index contributed by atoms with van der Waals surface area (Å²) in [5.41, 5.74) is 6.34. The van der Waals surface area contributed by atoms with Crippen molar-refractivity contribution in [1.82, 2.24) is 0 Å². The van der Waals surface area contributed by atoms with Crippen LogP contribution in [0.3, 0.4) is 0 Å². The van der Waals surface area contributed by atoms with Crippen LogP contribution in [0, 0.1) is 11.3 Å². The normalized spacial score (nSPS) is 9.50. The molecule has 1 aromatic rings. The van der Waals surface area contributed by atoms with E-state index in [0.29, 0.717) is 27.7 Å². The van der Waals surface area contributed by atoms with Crippen LogP contribution in [0.4, 0.5) is 10.7 Å². The highest BCUT2D eigenvalue weighted by Gasteiger charge is 2.17. The second-order valence-electron chi connectivity index (χ2n) is 2.75. The molecule has 0 aliphatic heterocycles. The molecule has 0 spiro atoms. The zero-order valence-electron chi connectivity index (χ0n) is 8.05. The van der Waals surface area contributed by atoms with Gasteiger partial charge in [-0.15, -0.1) is 11.3 Å². The highest BCUT2D eigenvalue weighted by Crippen LogP contribution is 2.35. The van der Waals surface area contributed by atoms with Gasteiger partial charge >= 0.3 is 0 Å². The third-order valence-corrected chi connectivity index (χ3v) is 2.98. The number of nitrogen functional groups attached to an aromatic ring is 1. The van der Waals surface area contributed by atoms with Gasteiger partial charge in [-0.3, -0.25) is 4.79 Å². The summed E-state index contributed by atoms with van der Waals surface area (Å²) in [6.07, 6.45) is 0. The molecule has 14 heavy (non-hydrogen) atoms. The summed E-state index contributed by atoms with van der Waals surface area (Å²) < 4.78 is 0. The Balaban J connectivity index is 3.26. The molecule has 0 amide bonds. The molecule has 0 bridgehead atoms. The molecule has 3 N–H and O–H groups in total. The number of rotatable bonds is 3. The zero-order chi connectivity index (χ0) is 10.7. The third-order valence-electron chi connectivity index (χ3n) is 1.71. The van der Waals surface area contributed by atoms with E-state index in [9.17, 15) is 4.79 Å². The summed E-state index contributed by atoms with van der Waals surface area (Å²) in [7, 11) is 0. The molecule has 4 nitrogen and oxygen atoms in total. The topological polar surface area (TPSA) is 78.9 Å². The van der Waals surface area contributed by atoms with Crippen LogP contribution in [-0.4, -0.2) is 12.3 Å². The molecular weight excluding hydrogens is 198 g/mol. The highest BCUT2D eigenvalue weighted by atomic mass is 32.1. The monoisotopic (exact) mass is 209 g/mol. The van der Waals surface area contributed by atoms with Gasteiger partial charge in [0.1, 0.15) is 16.6 Å². The van der Waals surface area contributed by atoms with E-state index in [1.165, 1.54) is 18.3 Å². The van der Waals surface area contributed by atoms with Crippen molar-refractivity contribution in [2.75, 3.05) is 17.6 Å². The Morgan fingerprint density at radius 3 is 2.79 bits per heavy atom. The predicted molar refractivity (Wildman–Crippen MR) is 57.6 cm³/mol. The average molecular weight is 209 g/mol. The smallest absolute Gasteiger partial charge is 0.171 e. The van der Waals surface area contributed by atoms with E-state index in [1.807, 2.05) is 13.0 Å². The van der Waals surface area contributed by atoms with Crippen molar-refractivity contribution in [2.24, 2.45) is 0 Å². The van der Waals surface area contributed by atoms with Gasteiger partial charge in [-0.05, 0) is 6.92 Å². The summed E-state index contributed by atoms with van der Waals surface area (Å²) in [6.45, 7) is 4.07. The van der Waals surface area contributed by atoms with Gasteiger partial charge in [0.15, 0.2) is 5.78 Å². The maximum absolute atomic E-state index is 11.1. The van der Waals surface area contributed by atoms with E-state index in [0.717, 1.165) is 0 Å². The van der Waals surface area contributed by atoms with E-state index in [2.05, 4.69) is 5.32 Å². The third kappa shape index (κ3) is 1.70. The quantitative estimate of drug-likeness (QED) is 0.744. The summed E-state index contributed by atoms with van der Waals surface area (Å²) in [6, 6.07) is 1.99. The fourth-order valence-corrected chi connectivity index (χ4v) is 2.14. The van der Waals surface area contributed by atoms with Crippen LogP contribution in [0.25, 0.3) is 0 Å². The fraction of sp³-hybridized carbons (Fsp3) is 0.333. The Morgan fingerprint density at radius 1 is 1.71 bits per heavy atom. The molecular formula is C9H11N3OS. The summed E-state index contributed by atoms with van der Waals surface area (Å²) in [5, 5.41) is 12.5. The zero-order valence-corrected chi connectivity index (χ0v) is 8.86. The first kappa shape index (κ1) is 10.5. The Morgan fingerprint density at radius 2 is 2.36 bits per heavy atom. The number of nitrogens with two attached hydrogens (primary N) is 1. The lowest BCUT2D eigenvalue weighted by Gasteiger charge is -1.97. The molecule has 0 atom stereocenters. The lowest BCUT2D eigenvalue weighted by Crippen LogP contribution is -1.97. The maximum atomic E-state index is 11.1. The number of nitriles is 1. The second-order valence-corrected chi connectivity index (χ2v) is 3.77. The van der Waals surface area contributed by atoms with Crippen molar-refractivity contribution in [1.29, 1.82) is 5.26 Å². The Kier molecular flexibility index (Phi) is 3.10. The van der Waals surface area contributed by atoms with E-state index >= 15 is 0 Å². The molecule has 1 heterocycles. The minimum Gasteiger partial charge on any atom is -0.396 e. The molecule has 0 unspecified atom stereocenters. The Bertz CT molecular complexity index is 403. The SMILES string of the molecule is CCNc1sc(C(C)=O)c(N)c1C#N. The predicted octanol–water partition coefficient (Wildman–Crippen LogP) is 1.84. The molecule has 0 aliphatic rings. The van der Waals surface area contributed by atoms with Crippen LogP contribution in [0.15, 0.2) is 0 Å². The van der Waals surface area contributed by atoms with Crippen molar-refractivity contribution in [2.45, 2.75) is 13.8 Å². The van der Waals surface area contributed by atoms with Crippen molar-refractivity contribution >= 4 is 27.8 Å². The van der Waals surface area contributed by atoms with E-state index < -0.39 is 0 Å². The van der Waals surface area contributed by atoms with Gasteiger partial charge in [-0.1, -0.05) is 0 Å². The molecule has 1 aromatic heterocycles. The Hall–Kier alpha value is -1.54. The standard InChI is InChI=1S/C9H11N3OS/c1-3-12-9-6(4-10)7(11)8(14-9)5(2)13/h12H,3,11H2,1-2H3. The van der Waals surface area contributed by atoms with Gasteiger partial charge < -0.3 is 11.1 Å². The number of thiophene rings is 1. The van der Waals surface area contributed by atoms with Crippen LogP contribution in [0.2, 0.25) is 0 Å². The first-order valence-corrected chi connectivity index (χ1v) is 5.00. The number of Topliss-reactive ketones (excluding diaryl/α,β-unsaturated/α-hetero) is 1. The van der Waals surface area contributed by atoms with E-state index in [-0.39, 0.29) is 5.78 Å². The van der Waals surface area contributed by atoms with Crippen molar-refractivity contribution in [3.05, 3.63) is 10.4 Å². The van der Waals surface area contributed by atoms with E-state index in [1.54, 1.807) is 0 Å². The molecule has 0 radical (unpaired) electrons. The molecule has 5 heteroatoms. The van der Waals surface area contributed by atoms with Crippen LogP contribution in [-0.2, 0) is 0 Å². The van der Waals surface area contributed by atoms with Crippen LogP contribution < -0.4 is 11.1 Å². The van der Waals surface area contributed by atoms with Crippen LogP contribution in [0.5, 0.6) is 0 Å². The minimum absolute atomic E-state index is 0.104. The van der Waals surface area contributed by atoms with Gasteiger partial charge in [-0.25, -0.2) is 0 Å². The number of nitrogens with one attached hydrogen (secondary N) is 1. The summed E-state index contributed by atoms with van der Waals surface area (Å²) in [4.78, 5) is 11.6. The number of hydrogen-bond acceptors (Lipinski definition) is 5. The summed E-state index contributed by atoms with van der Waals surface area (Å²) in [5.74, 6) is -0.104. The van der Waals surface area contributed by atoms with Gasteiger partial charge in [0.05, 0.1) is 10.6 Å². The number of carbonyl (C=O) groups excluding carboxylic acids is 1. The van der Waals surface area contributed by atoms with Gasteiger partial charge in [-0.2, -0.15) is 5.26 Å². The lowest BCUT2D eigenvalue weighted by atomic mass is 10.2. The van der Waals surface area contributed by atoms with Gasteiger partial charge in [0, 0.05) is 13.5 Å². The van der Waals surface area contributed by atoms with Crippen LogP contribution >= 0.6 is 11.3 Å². The summed E-state index contributed by atoms with van der Waals surface area (Å²) >= 11 is 1.24. The van der Waals surface area contributed by atoms with Gasteiger partial charge in [0.2, 0.25) is 0 Å². The number of nitrogens with zero attached hydrogens (tertiary/aromatic N) is 1. The molecule has 0 aliphatic carbocycles. The average Bonchev–Trinajstić information content (AvgIpc) is 2.43. The first-order valence-electron chi connectivity index (χ1n) is 4.19. The lowest BCUT2D eigenvalue weighted by molar-refractivity contribution is 0.102. The van der Waals surface area contributed by atoms with Crippen LogP contribution in [0.1, 0.15) is 29.1 Å². The maximum Gasteiger partial charge on any atom is 0.171 e. The molecule has 1 rings (SSSR count). The molecule has 0 aromatic carbocycles. The first-order chi connectivity index (χ1) is 6.61.